The van der Waals surface area contributed by atoms with Crippen LogP contribution < -0.4 is 10.9 Å². The van der Waals surface area contributed by atoms with Crippen molar-refractivity contribution in [2.45, 2.75) is 31.6 Å². The van der Waals surface area contributed by atoms with Crippen LogP contribution in [0.15, 0.2) is 52.1 Å². The minimum atomic E-state index is -0.749. The Kier molecular flexibility index (Phi) is 6.53. The lowest BCUT2D eigenvalue weighted by molar-refractivity contribution is -0.132. The number of aromatic hydroxyl groups is 1. The van der Waals surface area contributed by atoms with E-state index >= 15 is 0 Å². The molecule has 0 aliphatic carbocycles. The van der Waals surface area contributed by atoms with Crippen molar-refractivity contribution in [3.05, 3.63) is 70.2 Å². The predicted molar refractivity (Wildman–Crippen MR) is 119 cm³/mol. The topological polar surface area (TPSA) is 131 Å². The number of nitrogens with zero attached hydrogens (tertiary/aromatic N) is 4. The van der Waals surface area contributed by atoms with Crippen LogP contribution in [-0.4, -0.2) is 49.6 Å². The van der Waals surface area contributed by atoms with Crippen molar-refractivity contribution < 1.29 is 19.2 Å². The van der Waals surface area contributed by atoms with Gasteiger partial charge in [0.25, 0.3) is 11.5 Å². The van der Waals surface area contributed by atoms with Crippen LogP contribution in [0.25, 0.3) is 0 Å². The average molecular weight is 451 g/mol. The van der Waals surface area contributed by atoms with E-state index in [4.69, 9.17) is 0 Å². The highest BCUT2D eigenvalue weighted by Crippen LogP contribution is 2.27. The molecule has 3 aromatic rings. The van der Waals surface area contributed by atoms with E-state index in [-0.39, 0.29) is 23.2 Å². The summed E-state index contributed by atoms with van der Waals surface area (Å²) in [7, 11) is 1.50. The first-order chi connectivity index (χ1) is 15.9. The molecule has 2 N–H and O–H groups in total. The van der Waals surface area contributed by atoms with Gasteiger partial charge >= 0.3 is 0 Å². The number of aromatic nitrogens is 3. The number of carbonyl (C=O) groups is 2. The number of likely N-dealkylation sites (tertiary alicyclic amines) is 1. The Morgan fingerprint density at radius 3 is 2.79 bits per heavy atom. The molecule has 0 spiro atoms. The molecule has 1 fully saturated rings. The fraction of sp³-hybridized carbons (Fsp3) is 0.348. The highest BCUT2D eigenvalue weighted by atomic mass is 16.5. The lowest BCUT2D eigenvalue weighted by Gasteiger charge is -2.33. The van der Waals surface area contributed by atoms with E-state index in [9.17, 15) is 19.5 Å². The maximum Gasteiger partial charge on any atom is 0.296 e. The largest absolute Gasteiger partial charge is 0.501 e. The standard InChI is InChI=1S/C23H25N5O5/c1-27-21(26-19(20(30)23(27)32)22(31)25-17-12-24-33-14-17)16-8-5-11-28(13-16)18(29)10-9-15-6-3-2-4-7-15/h2-4,6-7,12,14,16,30H,5,8-11,13H2,1H3,(H,25,31). The van der Waals surface area contributed by atoms with E-state index in [1.54, 1.807) is 4.90 Å². The smallest absolute Gasteiger partial charge is 0.296 e. The number of carbonyl (C=O) groups excluding carboxylic acids is 2. The van der Waals surface area contributed by atoms with Gasteiger partial charge in [0.15, 0.2) is 5.69 Å². The second-order valence-electron chi connectivity index (χ2n) is 8.06. The van der Waals surface area contributed by atoms with Crippen molar-refractivity contribution in [1.82, 2.24) is 19.6 Å². The van der Waals surface area contributed by atoms with Gasteiger partial charge in [-0.1, -0.05) is 35.5 Å². The summed E-state index contributed by atoms with van der Waals surface area (Å²) in [5, 5.41) is 16.2. The zero-order valence-corrected chi connectivity index (χ0v) is 18.2. The Morgan fingerprint density at radius 1 is 1.27 bits per heavy atom. The van der Waals surface area contributed by atoms with Crippen molar-refractivity contribution in [2.75, 3.05) is 18.4 Å². The summed E-state index contributed by atoms with van der Waals surface area (Å²) in [6.45, 7) is 1.03. The average Bonchev–Trinajstić information content (AvgIpc) is 3.35. The maximum atomic E-state index is 12.8. The third-order valence-electron chi connectivity index (χ3n) is 5.82. The van der Waals surface area contributed by atoms with E-state index < -0.39 is 17.2 Å². The van der Waals surface area contributed by atoms with Gasteiger partial charge in [-0.2, -0.15) is 0 Å². The monoisotopic (exact) mass is 451 g/mol. The molecule has 33 heavy (non-hydrogen) atoms. The zero-order valence-electron chi connectivity index (χ0n) is 18.2. The lowest BCUT2D eigenvalue weighted by atomic mass is 9.96. The number of nitrogens with one attached hydrogen (secondary N) is 1. The molecule has 1 aromatic carbocycles. The summed E-state index contributed by atoms with van der Waals surface area (Å²) in [6.07, 6.45) is 5.02. The van der Waals surface area contributed by atoms with Crippen LogP contribution in [0.2, 0.25) is 0 Å². The summed E-state index contributed by atoms with van der Waals surface area (Å²) < 4.78 is 5.92. The molecule has 1 saturated heterocycles. The van der Waals surface area contributed by atoms with Gasteiger partial charge in [0, 0.05) is 32.5 Å². The molecule has 172 valence electrons. The molecular formula is C23H25N5O5. The van der Waals surface area contributed by atoms with Gasteiger partial charge in [0.2, 0.25) is 11.7 Å². The van der Waals surface area contributed by atoms with Crippen LogP contribution in [0.5, 0.6) is 5.75 Å². The van der Waals surface area contributed by atoms with Crippen LogP contribution in [-0.2, 0) is 18.3 Å². The number of amides is 2. The first kappa shape index (κ1) is 22.3. The zero-order chi connectivity index (χ0) is 23.4. The van der Waals surface area contributed by atoms with E-state index in [2.05, 4.69) is 20.0 Å². The van der Waals surface area contributed by atoms with E-state index in [1.165, 1.54) is 24.1 Å². The van der Waals surface area contributed by atoms with Crippen LogP contribution in [0, 0.1) is 0 Å². The molecule has 0 bridgehead atoms. The Morgan fingerprint density at radius 2 is 2.06 bits per heavy atom. The second-order valence-corrected chi connectivity index (χ2v) is 8.06. The molecule has 1 atom stereocenters. The van der Waals surface area contributed by atoms with Gasteiger partial charge < -0.3 is 19.8 Å². The summed E-state index contributed by atoms with van der Waals surface area (Å²) in [5.41, 5.74) is 0.284. The first-order valence-electron chi connectivity index (χ1n) is 10.8. The van der Waals surface area contributed by atoms with E-state index in [0.29, 0.717) is 38.2 Å². The van der Waals surface area contributed by atoms with Crippen LogP contribution in [0.4, 0.5) is 5.69 Å². The van der Waals surface area contributed by atoms with E-state index in [1.807, 2.05) is 30.3 Å². The Bertz CT molecular complexity index is 1190. The number of benzene rings is 1. The normalized spacial score (nSPS) is 15.9. The van der Waals surface area contributed by atoms with Crippen molar-refractivity contribution in [3.8, 4) is 5.75 Å². The van der Waals surface area contributed by atoms with Crippen molar-refractivity contribution >= 4 is 17.5 Å². The van der Waals surface area contributed by atoms with Crippen LogP contribution in [0.1, 0.15) is 47.1 Å². The van der Waals surface area contributed by atoms with E-state index in [0.717, 1.165) is 12.0 Å². The molecule has 1 aliphatic heterocycles. The van der Waals surface area contributed by atoms with Crippen LogP contribution >= 0.6 is 0 Å². The lowest BCUT2D eigenvalue weighted by Crippen LogP contribution is -2.41. The molecule has 4 rings (SSSR count). The summed E-state index contributed by atoms with van der Waals surface area (Å²) in [4.78, 5) is 44.2. The van der Waals surface area contributed by atoms with Gasteiger partial charge in [0.1, 0.15) is 17.8 Å². The minimum absolute atomic E-state index is 0.0396. The number of piperidine rings is 1. The van der Waals surface area contributed by atoms with Crippen LogP contribution in [0.3, 0.4) is 0 Å². The quantitative estimate of drug-likeness (QED) is 0.587. The Hall–Kier alpha value is -3.95. The SMILES string of the molecule is Cn1c(C2CCCN(C(=O)CCc3ccccc3)C2)nc(C(=O)Nc2cnoc2)c(O)c1=O. The van der Waals surface area contributed by atoms with Gasteiger partial charge in [0.05, 0.1) is 6.20 Å². The summed E-state index contributed by atoms with van der Waals surface area (Å²) in [6, 6.07) is 9.83. The molecule has 1 aliphatic rings. The van der Waals surface area contributed by atoms with Crippen molar-refractivity contribution in [1.29, 1.82) is 0 Å². The molecule has 10 heteroatoms. The number of hydrogen-bond acceptors (Lipinski definition) is 7. The number of anilines is 1. The predicted octanol–water partition coefficient (Wildman–Crippen LogP) is 2.06. The van der Waals surface area contributed by atoms with Gasteiger partial charge in [-0.3, -0.25) is 19.0 Å². The molecular weight excluding hydrogens is 426 g/mol. The number of hydrogen-bond donors (Lipinski definition) is 2. The first-order valence-corrected chi connectivity index (χ1v) is 10.8. The Balaban J connectivity index is 1.51. The molecule has 2 aromatic heterocycles. The molecule has 3 heterocycles. The van der Waals surface area contributed by atoms with Gasteiger partial charge in [-0.15, -0.1) is 0 Å². The highest BCUT2D eigenvalue weighted by Gasteiger charge is 2.30. The maximum absolute atomic E-state index is 12.8. The fourth-order valence-corrected chi connectivity index (χ4v) is 4.06. The molecule has 10 nitrogen and oxygen atoms in total. The van der Waals surface area contributed by atoms with Gasteiger partial charge in [-0.05, 0) is 24.8 Å². The molecule has 1 unspecified atom stereocenters. The number of aryl methyl sites for hydroxylation is 1. The van der Waals surface area contributed by atoms with Gasteiger partial charge in [-0.25, -0.2) is 4.98 Å². The summed E-state index contributed by atoms with van der Waals surface area (Å²) >= 11 is 0. The molecule has 0 radical (unpaired) electrons. The third-order valence-corrected chi connectivity index (χ3v) is 5.82. The molecule has 2 amide bonds. The third kappa shape index (κ3) is 4.94. The highest BCUT2D eigenvalue weighted by molar-refractivity contribution is 6.04. The Labute approximate surface area is 189 Å². The van der Waals surface area contributed by atoms with Crippen molar-refractivity contribution in [2.24, 2.45) is 7.05 Å². The fourth-order valence-electron chi connectivity index (χ4n) is 4.06. The summed E-state index contributed by atoms with van der Waals surface area (Å²) in [5.74, 6) is -1.32. The number of rotatable bonds is 6. The van der Waals surface area contributed by atoms with Crippen molar-refractivity contribution in [3.63, 3.8) is 0 Å². The minimum Gasteiger partial charge on any atom is -0.501 e. The molecule has 0 saturated carbocycles. The second kappa shape index (κ2) is 9.68.